The maximum absolute atomic E-state index is 11.7. The third-order valence-corrected chi connectivity index (χ3v) is 3.70. The lowest BCUT2D eigenvalue weighted by atomic mass is 10.0. The Morgan fingerprint density at radius 3 is 2.33 bits per heavy atom. The van der Waals surface area contributed by atoms with Gasteiger partial charge in [0.05, 0.1) is 6.61 Å². The fourth-order valence-electron chi connectivity index (χ4n) is 2.44. The van der Waals surface area contributed by atoms with Crippen molar-refractivity contribution in [3.05, 3.63) is 35.9 Å². The normalized spacial score (nSPS) is 14.0. The van der Waals surface area contributed by atoms with Crippen molar-refractivity contribution in [3.63, 3.8) is 0 Å². The monoisotopic (exact) mass is 292 g/mol. The van der Waals surface area contributed by atoms with Gasteiger partial charge >= 0.3 is 5.97 Å². The summed E-state index contributed by atoms with van der Waals surface area (Å²) in [6, 6.07) is 10.4. The average Bonchev–Trinajstić information content (AvgIpc) is 2.52. The quantitative estimate of drug-likeness (QED) is 0.710. The first-order valence-corrected chi connectivity index (χ1v) is 7.82. The van der Waals surface area contributed by atoms with Crippen molar-refractivity contribution in [2.75, 3.05) is 26.2 Å². The number of ether oxygens (including phenoxy) is 1. The van der Waals surface area contributed by atoms with E-state index in [4.69, 9.17) is 4.74 Å². The molecule has 0 bridgehead atoms. The van der Waals surface area contributed by atoms with E-state index in [0.29, 0.717) is 6.61 Å². The largest absolute Gasteiger partial charge is 0.465 e. The first-order chi connectivity index (χ1) is 10.1. The topological polar surface area (TPSA) is 41.6 Å². The van der Waals surface area contributed by atoms with Crippen LogP contribution < -0.4 is 5.32 Å². The van der Waals surface area contributed by atoms with Crippen LogP contribution in [-0.4, -0.2) is 43.2 Å². The fourth-order valence-corrected chi connectivity index (χ4v) is 2.44. The van der Waals surface area contributed by atoms with Crippen LogP contribution in [0.25, 0.3) is 0 Å². The highest BCUT2D eigenvalue weighted by atomic mass is 16.5. The number of esters is 1. The first-order valence-electron chi connectivity index (χ1n) is 7.82. The Bertz CT molecular complexity index is 405. The van der Waals surface area contributed by atoms with Crippen molar-refractivity contribution in [2.24, 2.45) is 0 Å². The summed E-state index contributed by atoms with van der Waals surface area (Å²) in [4.78, 5) is 14.1. The molecule has 0 saturated carbocycles. The third kappa shape index (κ3) is 5.48. The zero-order valence-corrected chi connectivity index (χ0v) is 13.6. The maximum atomic E-state index is 11.7. The zero-order chi connectivity index (χ0) is 15.7. The molecule has 2 atom stereocenters. The predicted molar refractivity (Wildman–Crippen MR) is 86.2 cm³/mol. The number of likely N-dealkylation sites (N-methyl/N-ethyl adjacent to an activating group) is 1. The van der Waals surface area contributed by atoms with E-state index in [1.54, 1.807) is 0 Å². The van der Waals surface area contributed by atoms with Gasteiger partial charge in [-0.25, -0.2) is 0 Å². The molecule has 0 fully saturated rings. The molecule has 118 valence electrons. The zero-order valence-electron chi connectivity index (χ0n) is 13.6. The molecule has 0 aliphatic rings. The van der Waals surface area contributed by atoms with Crippen LogP contribution in [0.15, 0.2) is 30.3 Å². The molecule has 1 N–H and O–H groups in total. The second kappa shape index (κ2) is 9.53. The van der Waals surface area contributed by atoms with Crippen molar-refractivity contribution < 1.29 is 9.53 Å². The third-order valence-electron chi connectivity index (χ3n) is 3.70. The smallest absolute Gasteiger partial charge is 0.322 e. The maximum Gasteiger partial charge on any atom is 0.322 e. The second-order valence-electron chi connectivity index (χ2n) is 5.03. The summed E-state index contributed by atoms with van der Waals surface area (Å²) in [7, 11) is 0. The van der Waals surface area contributed by atoms with Gasteiger partial charge in [-0.3, -0.25) is 9.69 Å². The van der Waals surface area contributed by atoms with E-state index in [1.807, 2.05) is 19.9 Å². The van der Waals surface area contributed by atoms with Gasteiger partial charge in [0.1, 0.15) is 6.04 Å². The van der Waals surface area contributed by atoms with Gasteiger partial charge in [0, 0.05) is 12.6 Å². The first kappa shape index (κ1) is 17.7. The molecule has 1 rings (SSSR count). The van der Waals surface area contributed by atoms with Gasteiger partial charge in [-0.1, -0.05) is 44.2 Å². The van der Waals surface area contributed by atoms with Crippen LogP contribution in [0.3, 0.4) is 0 Å². The highest BCUT2D eigenvalue weighted by molar-refractivity contribution is 5.75. The molecule has 2 unspecified atom stereocenters. The highest BCUT2D eigenvalue weighted by Gasteiger charge is 2.20. The molecule has 0 saturated heterocycles. The van der Waals surface area contributed by atoms with Crippen LogP contribution in [0.4, 0.5) is 0 Å². The molecule has 0 aliphatic heterocycles. The summed E-state index contributed by atoms with van der Waals surface area (Å²) in [5.41, 5.74) is 1.27. The van der Waals surface area contributed by atoms with Crippen LogP contribution in [0.5, 0.6) is 0 Å². The van der Waals surface area contributed by atoms with E-state index in [2.05, 4.69) is 48.3 Å². The van der Waals surface area contributed by atoms with Crippen molar-refractivity contribution in [1.82, 2.24) is 10.2 Å². The minimum Gasteiger partial charge on any atom is -0.465 e. The van der Waals surface area contributed by atoms with Crippen molar-refractivity contribution in [1.29, 1.82) is 0 Å². The molecule has 0 aliphatic carbocycles. The summed E-state index contributed by atoms with van der Waals surface area (Å²) < 4.78 is 5.04. The number of benzene rings is 1. The van der Waals surface area contributed by atoms with Crippen LogP contribution in [-0.2, 0) is 9.53 Å². The Hall–Kier alpha value is -1.39. The molecule has 0 heterocycles. The molecule has 1 aromatic rings. The Labute approximate surface area is 128 Å². The Balaban J connectivity index is 2.72. The molecular formula is C17H28N2O2. The predicted octanol–water partition coefficient (Wildman–Crippen LogP) is 2.61. The Kier molecular flexibility index (Phi) is 8.01. The van der Waals surface area contributed by atoms with Gasteiger partial charge in [0.25, 0.3) is 0 Å². The van der Waals surface area contributed by atoms with Gasteiger partial charge in [-0.15, -0.1) is 0 Å². The minimum absolute atomic E-state index is 0.191. The highest BCUT2D eigenvalue weighted by Crippen LogP contribution is 2.19. The van der Waals surface area contributed by atoms with Crippen LogP contribution in [0.2, 0.25) is 0 Å². The molecule has 0 amide bonds. The van der Waals surface area contributed by atoms with E-state index in [1.165, 1.54) is 5.56 Å². The Morgan fingerprint density at radius 2 is 1.81 bits per heavy atom. The number of nitrogens with zero attached hydrogens (tertiary/aromatic N) is 1. The van der Waals surface area contributed by atoms with E-state index in [-0.39, 0.29) is 18.1 Å². The second-order valence-corrected chi connectivity index (χ2v) is 5.03. The molecule has 21 heavy (non-hydrogen) atoms. The number of carbonyl (C=O) groups is 1. The molecule has 4 nitrogen and oxygen atoms in total. The number of hydrogen-bond donors (Lipinski definition) is 1. The number of rotatable bonds is 9. The summed E-state index contributed by atoms with van der Waals surface area (Å²) >= 11 is 0. The van der Waals surface area contributed by atoms with Crippen LogP contribution >= 0.6 is 0 Å². The van der Waals surface area contributed by atoms with E-state index in [0.717, 1.165) is 19.6 Å². The van der Waals surface area contributed by atoms with E-state index >= 15 is 0 Å². The SMILES string of the molecule is CCOC(=O)C(C)NCC(c1ccccc1)N(CC)CC. The number of carbonyl (C=O) groups excluding carboxylic acids is 1. The van der Waals surface area contributed by atoms with Gasteiger partial charge in [0.15, 0.2) is 0 Å². The van der Waals surface area contributed by atoms with Crippen molar-refractivity contribution in [2.45, 2.75) is 39.8 Å². The Morgan fingerprint density at radius 1 is 1.19 bits per heavy atom. The van der Waals surface area contributed by atoms with Crippen LogP contribution in [0, 0.1) is 0 Å². The molecule has 0 aromatic heterocycles. The van der Waals surface area contributed by atoms with Gasteiger partial charge in [-0.05, 0) is 32.5 Å². The van der Waals surface area contributed by atoms with E-state index < -0.39 is 0 Å². The lowest BCUT2D eigenvalue weighted by Gasteiger charge is -2.31. The fraction of sp³-hybridized carbons (Fsp3) is 0.588. The molecular weight excluding hydrogens is 264 g/mol. The minimum atomic E-state index is -0.285. The van der Waals surface area contributed by atoms with Gasteiger partial charge < -0.3 is 10.1 Å². The van der Waals surface area contributed by atoms with Gasteiger partial charge in [0.2, 0.25) is 0 Å². The standard InChI is InChI=1S/C17H28N2O2/c1-5-19(6-2)16(15-11-9-8-10-12-15)13-18-14(4)17(20)21-7-3/h8-12,14,16,18H,5-7,13H2,1-4H3. The molecule has 4 heteroatoms. The molecule has 1 aromatic carbocycles. The summed E-state index contributed by atoms with van der Waals surface area (Å²) in [6.45, 7) is 11.1. The van der Waals surface area contributed by atoms with Crippen molar-refractivity contribution in [3.8, 4) is 0 Å². The van der Waals surface area contributed by atoms with Crippen LogP contribution in [0.1, 0.15) is 39.3 Å². The summed E-state index contributed by atoms with van der Waals surface area (Å²) in [5, 5.41) is 3.30. The van der Waals surface area contributed by atoms with Crippen molar-refractivity contribution >= 4 is 5.97 Å². The number of nitrogens with one attached hydrogen (secondary N) is 1. The molecule has 0 radical (unpaired) electrons. The van der Waals surface area contributed by atoms with E-state index in [9.17, 15) is 4.79 Å². The van der Waals surface area contributed by atoms with Gasteiger partial charge in [-0.2, -0.15) is 0 Å². The lowest BCUT2D eigenvalue weighted by Crippen LogP contribution is -2.42. The molecule has 0 spiro atoms. The summed E-state index contributed by atoms with van der Waals surface area (Å²) in [5.74, 6) is -0.191. The lowest BCUT2D eigenvalue weighted by molar-refractivity contribution is -0.145. The average molecular weight is 292 g/mol. The summed E-state index contributed by atoms with van der Waals surface area (Å²) in [6.07, 6.45) is 0. The number of hydrogen-bond acceptors (Lipinski definition) is 4.